The van der Waals surface area contributed by atoms with Crippen molar-refractivity contribution in [1.29, 1.82) is 0 Å². The summed E-state index contributed by atoms with van der Waals surface area (Å²) in [4.78, 5) is 14.2. The molecule has 0 saturated carbocycles. The predicted octanol–water partition coefficient (Wildman–Crippen LogP) is 2.45. The number of hydrogen-bond acceptors (Lipinski definition) is 3. The number of piperidine rings is 1. The normalized spacial score (nSPS) is 19.6. The number of carbonyl (C=O) groups is 1. The number of benzene rings is 1. The smallest absolute Gasteiger partial charge is 0.244 e. The van der Waals surface area contributed by atoms with Gasteiger partial charge >= 0.3 is 0 Å². The number of ether oxygens (including phenoxy) is 1. The van der Waals surface area contributed by atoms with Crippen molar-refractivity contribution in [3.63, 3.8) is 0 Å². The summed E-state index contributed by atoms with van der Waals surface area (Å²) >= 11 is 6.12. The summed E-state index contributed by atoms with van der Waals surface area (Å²) in [5, 5.41) is 3.75. The molecule has 4 nitrogen and oxygen atoms in total. The van der Waals surface area contributed by atoms with E-state index in [1.807, 2.05) is 13.0 Å². The fourth-order valence-electron chi connectivity index (χ4n) is 2.39. The van der Waals surface area contributed by atoms with Crippen LogP contribution < -0.4 is 15.0 Å². The lowest BCUT2D eigenvalue weighted by atomic mass is 10.0. The number of carbonyl (C=O) groups excluding carboxylic acids is 1. The number of rotatable bonds is 4. The molecule has 1 heterocycles. The number of halogens is 1. The van der Waals surface area contributed by atoms with Crippen molar-refractivity contribution in [3.8, 4) is 5.75 Å². The largest absolute Gasteiger partial charge is 0.495 e. The van der Waals surface area contributed by atoms with E-state index < -0.39 is 0 Å². The third-order valence-electron chi connectivity index (χ3n) is 3.34. The molecule has 1 fully saturated rings. The number of likely N-dealkylation sites (N-methyl/N-ethyl adjacent to an activating group) is 1. The highest BCUT2D eigenvalue weighted by Crippen LogP contribution is 2.30. The van der Waals surface area contributed by atoms with E-state index in [0.29, 0.717) is 10.8 Å². The Morgan fingerprint density at radius 2 is 2.32 bits per heavy atom. The summed E-state index contributed by atoms with van der Waals surface area (Å²) in [5.41, 5.74) is 0.832. The maximum atomic E-state index is 12.4. The molecule has 2 rings (SSSR count). The highest BCUT2D eigenvalue weighted by atomic mass is 35.5. The summed E-state index contributed by atoms with van der Waals surface area (Å²) in [6.07, 6.45) is 1.89. The van der Waals surface area contributed by atoms with Gasteiger partial charge in [-0.25, -0.2) is 0 Å². The highest BCUT2D eigenvalue weighted by molar-refractivity contribution is 6.32. The van der Waals surface area contributed by atoms with Crippen LogP contribution in [0.2, 0.25) is 5.02 Å². The Morgan fingerprint density at radius 1 is 1.53 bits per heavy atom. The lowest BCUT2D eigenvalue weighted by molar-refractivity contribution is -0.121. The second-order valence-electron chi connectivity index (χ2n) is 4.56. The highest BCUT2D eigenvalue weighted by Gasteiger charge is 2.29. The van der Waals surface area contributed by atoms with Gasteiger partial charge in [-0.3, -0.25) is 4.79 Å². The van der Waals surface area contributed by atoms with E-state index in [9.17, 15) is 4.79 Å². The molecule has 1 amide bonds. The van der Waals surface area contributed by atoms with Crippen LogP contribution in [0.25, 0.3) is 0 Å². The van der Waals surface area contributed by atoms with Crippen molar-refractivity contribution in [1.82, 2.24) is 5.32 Å². The zero-order valence-corrected chi connectivity index (χ0v) is 12.0. The topological polar surface area (TPSA) is 41.6 Å². The second-order valence-corrected chi connectivity index (χ2v) is 4.97. The molecule has 1 N–H and O–H groups in total. The first-order valence-electron chi connectivity index (χ1n) is 6.55. The zero-order chi connectivity index (χ0) is 13.8. The average molecular weight is 283 g/mol. The van der Waals surface area contributed by atoms with Gasteiger partial charge in [-0.1, -0.05) is 18.5 Å². The summed E-state index contributed by atoms with van der Waals surface area (Å²) in [7, 11) is 1.58. The molecule has 1 aromatic carbocycles. The average Bonchev–Trinajstić information content (AvgIpc) is 2.41. The molecule has 0 spiro atoms. The number of methoxy groups -OCH3 is 1. The lowest BCUT2D eigenvalue weighted by Gasteiger charge is -2.32. The summed E-state index contributed by atoms with van der Waals surface area (Å²) in [6.45, 7) is 3.55. The van der Waals surface area contributed by atoms with Crippen LogP contribution in [-0.4, -0.2) is 32.1 Å². The third-order valence-corrected chi connectivity index (χ3v) is 3.63. The number of nitrogens with one attached hydrogen (secondary N) is 1. The SMILES string of the molecule is CCNC1CCCN(c2ccc(OC)c(Cl)c2)C1=O. The van der Waals surface area contributed by atoms with Gasteiger partial charge in [-0.2, -0.15) is 0 Å². The fraction of sp³-hybridized carbons (Fsp3) is 0.500. The van der Waals surface area contributed by atoms with E-state index in [2.05, 4.69) is 5.32 Å². The molecule has 0 aliphatic carbocycles. The molecule has 1 aliphatic rings. The van der Waals surface area contributed by atoms with Crippen molar-refractivity contribution in [2.24, 2.45) is 0 Å². The van der Waals surface area contributed by atoms with Crippen LogP contribution in [0.4, 0.5) is 5.69 Å². The van der Waals surface area contributed by atoms with Gasteiger partial charge in [0.25, 0.3) is 0 Å². The molecular weight excluding hydrogens is 264 g/mol. The van der Waals surface area contributed by atoms with Gasteiger partial charge in [0.15, 0.2) is 0 Å². The molecule has 1 saturated heterocycles. The minimum atomic E-state index is -0.0837. The van der Waals surface area contributed by atoms with Gasteiger partial charge in [-0.05, 0) is 37.6 Å². The number of nitrogens with zero attached hydrogens (tertiary/aromatic N) is 1. The van der Waals surface area contributed by atoms with Crippen LogP contribution in [0.5, 0.6) is 5.75 Å². The van der Waals surface area contributed by atoms with Crippen molar-refractivity contribution in [2.45, 2.75) is 25.8 Å². The van der Waals surface area contributed by atoms with Crippen molar-refractivity contribution in [2.75, 3.05) is 25.1 Å². The number of anilines is 1. The zero-order valence-electron chi connectivity index (χ0n) is 11.3. The maximum Gasteiger partial charge on any atom is 0.244 e. The van der Waals surface area contributed by atoms with Crippen LogP contribution >= 0.6 is 11.6 Å². The molecule has 1 unspecified atom stereocenters. The van der Waals surface area contributed by atoms with Gasteiger partial charge in [0.05, 0.1) is 18.2 Å². The minimum absolute atomic E-state index is 0.0837. The van der Waals surface area contributed by atoms with Crippen LogP contribution in [0.15, 0.2) is 18.2 Å². The molecule has 1 atom stereocenters. The van der Waals surface area contributed by atoms with Gasteiger partial charge in [-0.15, -0.1) is 0 Å². The maximum absolute atomic E-state index is 12.4. The van der Waals surface area contributed by atoms with E-state index in [1.165, 1.54) is 0 Å². The first-order chi connectivity index (χ1) is 9.17. The first kappa shape index (κ1) is 14.2. The van der Waals surface area contributed by atoms with E-state index in [-0.39, 0.29) is 11.9 Å². The first-order valence-corrected chi connectivity index (χ1v) is 6.93. The molecule has 1 aromatic rings. The van der Waals surface area contributed by atoms with Gasteiger partial charge in [0.1, 0.15) is 5.75 Å². The molecular formula is C14H19ClN2O2. The van der Waals surface area contributed by atoms with Crippen LogP contribution in [0.3, 0.4) is 0 Å². The standard InChI is InChI=1S/C14H19ClN2O2/c1-3-16-12-5-4-8-17(14(12)18)10-6-7-13(19-2)11(15)9-10/h6-7,9,12,16H,3-5,8H2,1-2H3. The van der Waals surface area contributed by atoms with Crippen molar-refractivity contribution >= 4 is 23.2 Å². The molecule has 5 heteroatoms. The number of hydrogen-bond donors (Lipinski definition) is 1. The number of amides is 1. The second kappa shape index (κ2) is 6.26. The van der Waals surface area contributed by atoms with E-state index in [1.54, 1.807) is 24.1 Å². The van der Waals surface area contributed by atoms with Gasteiger partial charge in [0, 0.05) is 12.2 Å². The summed E-state index contributed by atoms with van der Waals surface area (Å²) in [6, 6.07) is 5.37. The van der Waals surface area contributed by atoms with Crippen molar-refractivity contribution in [3.05, 3.63) is 23.2 Å². The van der Waals surface area contributed by atoms with E-state index in [4.69, 9.17) is 16.3 Å². The van der Waals surface area contributed by atoms with Crippen LogP contribution in [0.1, 0.15) is 19.8 Å². The Labute approximate surface area is 118 Å². The Balaban J connectivity index is 2.20. The molecule has 0 radical (unpaired) electrons. The van der Waals surface area contributed by atoms with Crippen molar-refractivity contribution < 1.29 is 9.53 Å². The summed E-state index contributed by atoms with van der Waals surface area (Å²) < 4.78 is 5.13. The molecule has 1 aliphatic heterocycles. The molecule has 104 valence electrons. The predicted molar refractivity (Wildman–Crippen MR) is 77.1 cm³/mol. The van der Waals surface area contributed by atoms with Crippen LogP contribution in [-0.2, 0) is 4.79 Å². The Kier molecular flexibility index (Phi) is 4.66. The Bertz CT molecular complexity index is 463. The van der Waals surface area contributed by atoms with Crippen LogP contribution in [0, 0.1) is 0 Å². The molecule has 0 bridgehead atoms. The Hall–Kier alpha value is -1.26. The molecule has 19 heavy (non-hydrogen) atoms. The van der Waals surface area contributed by atoms with E-state index in [0.717, 1.165) is 31.6 Å². The summed E-state index contributed by atoms with van der Waals surface area (Å²) in [5.74, 6) is 0.743. The van der Waals surface area contributed by atoms with Gasteiger partial charge < -0.3 is 15.0 Å². The lowest BCUT2D eigenvalue weighted by Crippen LogP contribution is -2.50. The minimum Gasteiger partial charge on any atom is -0.495 e. The van der Waals surface area contributed by atoms with Gasteiger partial charge in [0.2, 0.25) is 5.91 Å². The molecule has 0 aromatic heterocycles. The monoisotopic (exact) mass is 282 g/mol. The third kappa shape index (κ3) is 3.01. The Morgan fingerprint density at radius 3 is 2.95 bits per heavy atom. The van der Waals surface area contributed by atoms with E-state index >= 15 is 0 Å². The fourth-order valence-corrected chi connectivity index (χ4v) is 2.64. The quantitative estimate of drug-likeness (QED) is 0.922.